The molecule has 0 aliphatic rings. The van der Waals surface area contributed by atoms with Gasteiger partial charge in [0.05, 0.1) is 4.90 Å². The van der Waals surface area contributed by atoms with E-state index in [1.54, 1.807) is 50.4 Å². The van der Waals surface area contributed by atoms with Gasteiger partial charge in [0.15, 0.2) is 0 Å². The number of anilines is 1. The van der Waals surface area contributed by atoms with Crippen molar-refractivity contribution in [3.63, 3.8) is 0 Å². The molecule has 0 radical (unpaired) electrons. The maximum atomic E-state index is 12.8. The quantitative estimate of drug-likeness (QED) is 0.336. The zero-order chi connectivity index (χ0) is 26.6. The SMILES string of the molecule is C=CCOC(=O)N(C)c1cccc(Cn2ccc3cc(C(=O)NS(=O)(=O)c4ccccc4C)ccc32)c1. The van der Waals surface area contributed by atoms with Gasteiger partial charge in [0.25, 0.3) is 15.9 Å². The maximum absolute atomic E-state index is 12.8. The van der Waals surface area contributed by atoms with Crippen molar-refractivity contribution in [2.24, 2.45) is 0 Å². The number of aryl methyl sites for hydroxylation is 1. The highest BCUT2D eigenvalue weighted by atomic mass is 32.2. The Morgan fingerprint density at radius 1 is 1.05 bits per heavy atom. The van der Waals surface area contributed by atoms with Crippen molar-refractivity contribution in [3.05, 3.63) is 108 Å². The molecule has 1 N–H and O–H groups in total. The molecule has 0 saturated heterocycles. The Hall–Kier alpha value is -4.37. The van der Waals surface area contributed by atoms with E-state index < -0.39 is 22.0 Å². The Morgan fingerprint density at radius 2 is 1.84 bits per heavy atom. The van der Waals surface area contributed by atoms with Gasteiger partial charge in [-0.2, -0.15) is 0 Å². The van der Waals surface area contributed by atoms with Crippen LogP contribution in [0.15, 0.2) is 96.5 Å². The van der Waals surface area contributed by atoms with Crippen LogP contribution in [-0.4, -0.2) is 38.6 Å². The second kappa shape index (κ2) is 10.7. The number of carbonyl (C=O) groups excluding carboxylic acids is 2. The van der Waals surface area contributed by atoms with Crippen molar-refractivity contribution in [1.82, 2.24) is 9.29 Å². The lowest BCUT2D eigenvalue weighted by atomic mass is 10.1. The second-order valence-corrected chi connectivity index (χ2v) is 10.2. The number of rotatable bonds is 8. The molecule has 8 nitrogen and oxygen atoms in total. The number of hydrogen-bond donors (Lipinski definition) is 1. The Labute approximate surface area is 215 Å². The number of ether oxygens (including phenoxy) is 1. The van der Waals surface area contributed by atoms with Gasteiger partial charge in [0.1, 0.15) is 6.61 Å². The Bertz CT molecular complexity index is 1590. The summed E-state index contributed by atoms with van der Waals surface area (Å²) in [6, 6.07) is 20.9. The van der Waals surface area contributed by atoms with Gasteiger partial charge in [0.2, 0.25) is 0 Å². The van der Waals surface area contributed by atoms with Crippen LogP contribution in [0.3, 0.4) is 0 Å². The standard InChI is InChI=1S/C28H27N3O5S/c1-4-16-36-28(33)30(3)24-10-7-9-21(17-24)19-31-15-14-22-18-23(12-13-25(22)31)27(32)29-37(34,35)26-11-6-5-8-20(26)2/h4-15,17-18H,1,16,19H2,2-3H3,(H,29,32). The summed E-state index contributed by atoms with van der Waals surface area (Å²) in [5, 5.41) is 0.794. The molecule has 0 bridgehead atoms. The van der Waals surface area contributed by atoms with E-state index in [-0.39, 0.29) is 17.1 Å². The fourth-order valence-corrected chi connectivity index (χ4v) is 5.19. The van der Waals surface area contributed by atoms with Crippen molar-refractivity contribution in [2.45, 2.75) is 18.4 Å². The zero-order valence-electron chi connectivity index (χ0n) is 20.5. The number of benzene rings is 3. The maximum Gasteiger partial charge on any atom is 0.414 e. The molecule has 3 aromatic carbocycles. The molecule has 1 heterocycles. The molecule has 37 heavy (non-hydrogen) atoms. The predicted molar refractivity (Wildman–Crippen MR) is 143 cm³/mol. The van der Waals surface area contributed by atoms with Crippen molar-refractivity contribution >= 4 is 38.6 Å². The van der Waals surface area contributed by atoms with Gasteiger partial charge in [-0.3, -0.25) is 9.69 Å². The minimum absolute atomic E-state index is 0.0671. The first kappa shape index (κ1) is 25.7. The van der Waals surface area contributed by atoms with Crippen LogP contribution < -0.4 is 9.62 Å². The molecule has 190 valence electrons. The number of carbonyl (C=O) groups is 2. The van der Waals surface area contributed by atoms with Crippen molar-refractivity contribution in [1.29, 1.82) is 0 Å². The Balaban J connectivity index is 1.51. The van der Waals surface area contributed by atoms with E-state index in [4.69, 9.17) is 4.74 Å². The number of hydrogen-bond acceptors (Lipinski definition) is 5. The Kier molecular flexibility index (Phi) is 7.45. The molecule has 4 aromatic rings. The van der Waals surface area contributed by atoms with Gasteiger partial charge < -0.3 is 9.30 Å². The minimum atomic E-state index is -4.00. The molecular weight excluding hydrogens is 490 g/mol. The predicted octanol–water partition coefficient (Wildman–Crippen LogP) is 4.88. The summed E-state index contributed by atoms with van der Waals surface area (Å²) in [5.74, 6) is -0.697. The molecule has 0 fully saturated rings. The summed E-state index contributed by atoms with van der Waals surface area (Å²) >= 11 is 0. The van der Waals surface area contributed by atoms with Crippen LogP contribution in [0.25, 0.3) is 10.9 Å². The third kappa shape index (κ3) is 5.73. The average Bonchev–Trinajstić information content (AvgIpc) is 3.28. The number of nitrogens with zero attached hydrogens (tertiary/aromatic N) is 2. The molecule has 1 aromatic heterocycles. The van der Waals surface area contributed by atoms with Crippen LogP contribution in [0.4, 0.5) is 10.5 Å². The lowest BCUT2D eigenvalue weighted by molar-refractivity contribution is 0.0981. The lowest BCUT2D eigenvalue weighted by Crippen LogP contribution is -2.31. The van der Waals surface area contributed by atoms with E-state index in [0.717, 1.165) is 16.5 Å². The minimum Gasteiger partial charge on any atom is -0.445 e. The third-order valence-corrected chi connectivity index (χ3v) is 7.38. The number of aromatic nitrogens is 1. The molecule has 0 aliphatic carbocycles. The summed E-state index contributed by atoms with van der Waals surface area (Å²) in [6.07, 6.45) is 2.93. The van der Waals surface area contributed by atoms with Crippen molar-refractivity contribution in [3.8, 4) is 0 Å². The van der Waals surface area contributed by atoms with Crippen molar-refractivity contribution in [2.75, 3.05) is 18.6 Å². The summed E-state index contributed by atoms with van der Waals surface area (Å²) in [4.78, 5) is 26.4. The monoisotopic (exact) mass is 517 g/mol. The first-order chi connectivity index (χ1) is 17.7. The molecule has 2 amide bonds. The van der Waals surface area contributed by atoms with Crippen LogP contribution >= 0.6 is 0 Å². The summed E-state index contributed by atoms with van der Waals surface area (Å²) < 4.78 is 34.7. The van der Waals surface area contributed by atoms with Gasteiger partial charge in [-0.1, -0.05) is 43.0 Å². The van der Waals surface area contributed by atoms with Crippen LogP contribution in [0.5, 0.6) is 0 Å². The lowest BCUT2D eigenvalue weighted by Gasteiger charge is -2.17. The highest BCUT2D eigenvalue weighted by molar-refractivity contribution is 7.90. The number of fused-ring (bicyclic) bond motifs is 1. The summed E-state index contributed by atoms with van der Waals surface area (Å²) in [5.41, 5.74) is 3.33. The van der Waals surface area contributed by atoms with Gasteiger partial charge in [-0.05, 0) is 60.5 Å². The number of nitrogens with one attached hydrogen (secondary N) is 1. The molecule has 0 atom stereocenters. The zero-order valence-corrected chi connectivity index (χ0v) is 21.4. The highest BCUT2D eigenvalue weighted by Gasteiger charge is 2.21. The largest absolute Gasteiger partial charge is 0.445 e. The first-order valence-electron chi connectivity index (χ1n) is 11.5. The van der Waals surface area contributed by atoms with Gasteiger partial charge in [-0.25, -0.2) is 17.9 Å². The average molecular weight is 518 g/mol. The van der Waals surface area contributed by atoms with Crippen LogP contribution in [0.2, 0.25) is 0 Å². The van der Waals surface area contributed by atoms with E-state index in [1.165, 1.54) is 17.0 Å². The summed E-state index contributed by atoms with van der Waals surface area (Å²) in [6.45, 7) is 5.88. The molecule has 0 saturated carbocycles. The smallest absolute Gasteiger partial charge is 0.414 e. The number of amides is 2. The van der Waals surface area contributed by atoms with Crippen LogP contribution in [0, 0.1) is 6.92 Å². The van der Waals surface area contributed by atoms with Gasteiger partial charge >= 0.3 is 6.09 Å². The topological polar surface area (TPSA) is 97.7 Å². The van der Waals surface area contributed by atoms with Gasteiger partial charge in [-0.15, -0.1) is 0 Å². The molecule has 0 unspecified atom stereocenters. The van der Waals surface area contributed by atoms with Crippen molar-refractivity contribution < 1.29 is 22.7 Å². The number of sulfonamides is 1. The van der Waals surface area contributed by atoms with Gasteiger partial charge in [0, 0.05) is 41.9 Å². The molecule has 0 spiro atoms. The molecule has 4 rings (SSSR count). The van der Waals surface area contributed by atoms with E-state index in [0.29, 0.717) is 17.8 Å². The fourth-order valence-electron chi connectivity index (χ4n) is 3.97. The fraction of sp³-hybridized carbons (Fsp3) is 0.143. The first-order valence-corrected chi connectivity index (χ1v) is 13.0. The van der Waals surface area contributed by atoms with E-state index >= 15 is 0 Å². The Morgan fingerprint density at radius 3 is 2.59 bits per heavy atom. The normalized spacial score (nSPS) is 11.2. The molecule has 9 heteroatoms. The molecular formula is C28H27N3O5S. The second-order valence-electron chi connectivity index (χ2n) is 8.51. The van der Waals surface area contributed by atoms with E-state index in [9.17, 15) is 18.0 Å². The third-order valence-electron chi connectivity index (χ3n) is 5.89. The van der Waals surface area contributed by atoms with Crippen LogP contribution in [0.1, 0.15) is 21.5 Å². The summed E-state index contributed by atoms with van der Waals surface area (Å²) in [7, 11) is -2.36. The van der Waals surface area contributed by atoms with Crippen LogP contribution in [-0.2, 0) is 21.3 Å². The van der Waals surface area contributed by atoms with E-state index in [1.807, 2.05) is 41.1 Å². The van der Waals surface area contributed by atoms with E-state index in [2.05, 4.69) is 11.3 Å². The highest BCUT2D eigenvalue weighted by Crippen LogP contribution is 2.22. The molecule has 0 aliphatic heterocycles.